The molecule has 4 nitrogen and oxygen atoms in total. The van der Waals surface area contributed by atoms with Crippen LogP contribution >= 0.6 is 0 Å². The average Bonchev–Trinajstić information content (AvgIpc) is 2.81. The maximum atomic E-state index is 11.5. The lowest BCUT2D eigenvalue weighted by molar-refractivity contribution is 0.483. The van der Waals surface area contributed by atoms with E-state index in [1.165, 1.54) is 0 Å². The van der Waals surface area contributed by atoms with Gasteiger partial charge in [0.15, 0.2) is 11.4 Å². The van der Waals surface area contributed by atoms with Crippen LogP contribution in [-0.4, -0.2) is 5.11 Å². The van der Waals surface area contributed by atoms with E-state index in [0.717, 1.165) is 33.2 Å². The summed E-state index contributed by atoms with van der Waals surface area (Å²) in [6.07, 6.45) is 0. The molecule has 0 amide bonds. The molecule has 0 saturated heterocycles. The van der Waals surface area contributed by atoms with Gasteiger partial charge in [0.25, 0.3) is 0 Å². The number of para-hydroxylation sites is 1. The SMILES string of the molecule is O=Nc1cc(N(c2ccccc2)c2ccc3ccccc3c2)c2ccccc2c1O. The first kappa shape index (κ1) is 17.9. The van der Waals surface area contributed by atoms with Crippen molar-refractivity contribution in [3.8, 4) is 5.75 Å². The molecule has 0 aliphatic heterocycles. The average molecular weight is 390 g/mol. The lowest BCUT2D eigenvalue weighted by Gasteiger charge is -2.27. The number of rotatable bonds is 4. The van der Waals surface area contributed by atoms with Gasteiger partial charge in [-0.15, -0.1) is 4.91 Å². The first-order chi connectivity index (χ1) is 14.8. The van der Waals surface area contributed by atoms with Crippen molar-refractivity contribution >= 4 is 44.3 Å². The van der Waals surface area contributed by atoms with Crippen LogP contribution in [0.2, 0.25) is 0 Å². The minimum absolute atomic E-state index is 0.0189. The Morgan fingerprint density at radius 2 is 1.30 bits per heavy atom. The third kappa shape index (κ3) is 2.95. The number of aromatic hydroxyl groups is 1. The van der Waals surface area contributed by atoms with Gasteiger partial charge in [-0.3, -0.25) is 0 Å². The Labute approximate surface area is 173 Å². The number of benzene rings is 5. The molecule has 0 radical (unpaired) electrons. The molecule has 5 aromatic carbocycles. The van der Waals surface area contributed by atoms with Gasteiger partial charge >= 0.3 is 0 Å². The second-order valence-corrected chi connectivity index (χ2v) is 7.10. The first-order valence-corrected chi connectivity index (χ1v) is 9.68. The van der Waals surface area contributed by atoms with Crippen LogP contribution in [-0.2, 0) is 0 Å². The Balaban J connectivity index is 1.84. The molecule has 0 aromatic heterocycles. The summed E-state index contributed by atoms with van der Waals surface area (Å²) in [6.45, 7) is 0. The van der Waals surface area contributed by atoms with Crippen molar-refractivity contribution in [2.45, 2.75) is 0 Å². The van der Waals surface area contributed by atoms with E-state index >= 15 is 0 Å². The molecular weight excluding hydrogens is 372 g/mol. The zero-order valence-electron chi connectivity index (χ0n) is 16.1. The van der Waals surface area contributed by atoms with E-state index in [1.54, 1.807) is 12.1 Å². The van der Waals surface area contributed by atoms with Crippen LogP contribution in [0.4, 0.5) is 22.7 Å². The zero-order chi connectivity index (χ0) is 20.5. The van der Waals surface area contributed by atoms with Crippen LogP contribution in [0.15, 0.2) is 108 Å². The Hall–Kier alpha value is -4.18. The number of anilines is 3. The molecule has 0 fully saturated rings. The molecule has 5 rings (SSSR count). The third-order valence-electron chi connectivity index (χ3n) is 5.32. The molecule has 0 saturated carbocycles. The van der Waals surface area contributed by atoms with Crippen LogP contribution in [0.1, 0.15) is 0 Å². The molecule has 0 spiro atoms. The van der Waals surface area contributed by atoms with Gasteiger partial charge in [-0.05, 0) is 46.3 Å². The molecule has 0 aliphatic carbocycles. The maximum absolute atomic E-state index is 11.5. The van der Waals surface area contributed by atoms with Gasteiger partial charge in [-0.1, -0.05) is 72.8 Å². The maximum Gasteiger partial charge on any atom is 0.152 e. The second kappa shape index (κ2) is 7.33. The fourth-order valence-corrected chi connectivity index (χ4v) is 3.90. The summed E-state index contributed by atoms with van der Waals surface area (Å²) >= 11 is 0. The number of phenolic OH excluding ortho intramolecular Hbond substituents is 1. The molecular formula is C26H18N2O2. The number of hydrogen-bond acceptors (Lipinski definition) is 4. The van der Waals surface area contributed by atoms with Crippen LogP contribution < -0.4 is 4.90 Å². The van der Waals surface area contributed by atoms with E-state index < -0.39 is 0 Å². The lowest BCUT2D eigenvalue weighted by atomic mass is 10.0. The fourth-order valence-electron chi connectivity index (χ4n) is 3.90. The van der Waals surface area contributed by atoms with Gasteiger partial charge in [0.2, 0.25) is 0 Å². The highest BCUT2D eigenvalue weighted by molar-refractivity contribution is 6.05. The highest BCUT2D eigenvalue weighted by Gasteiger charge is 2.19. The van der Waals surface area contributed by atoms with Gasteiger partial charge in [-0.25, -0.2) is 0 Å². The number of nitrogens with zero attached hydrogens (tertiary/aromatic N) is 2. The Morgan fingerprint density at radius 1 is 0.633 bits per heavy atom. The van der Waals surface area contributed by atoms with Crippen molar-refractivity contribution in [1.29, 1.82) is 0 Å². The van der Waals surface area contributed by atoms with Crippen LogP contribution in [0, 0.1) is 4.91 Å². The molecule has 0 heterocycles. The van der Waals surface area contributed by atoms with Crippen molar-refractivity contribution in [2.75, 3.05) is 4.90 Å². The lowest BCUT2D eigenvalue weighted by Crippen LogP contribution is -2.10. The summed E-state index contributed by atoms with van der Waals surface area (Å²) in [4.78, 5) is 13.6. The van der Waals surface area contributed by atoms with Gasteiger partial charge in [0.05, 0.1) is 5.69 Å². The van der Waals surface area contributed by atoms with Crippen molar-refractivity contribution in [2.24, 2.45) is 5.18 Å². The molecule has 30 heavy (non-hydrogen) atoms. The number of hydrogen-bond donors (Lipinski definition) is 1. The van der Waals surface area contributed by atoms with Crippen LogP contribution in [0.3, 0.4) is 0 Å². The van der Waals surface area contributed by atoms with Crippen molar-refractivity contribution in [3.05, 3.63) is 108 Å². The Morgan fingerprint density at radius 3 is 2.07 bits per heavy atom. The van der Waals surface area contributed by atoms with E-state index in [0.29, 0.717) is 5.39 Å². The number of nitroso groups, excluding NO2 is 1. The van der Waals surface area contributed by atoms with Gasteiger partial charge in [-0.2, -0.15) is 0 Å². The van der Waals surface area contributed by atoms with E-state index in [9.17, 15) is 10.0 Å². The summed E-state index contributed by atoms with van der Waals surface area (Å²) in [5.41, 5.74) is 2.69. The van der Waals surface area contributed by atoms with Crippen LogP contribution in [0.5, 0.6) is 5.75 Å². The van der Waals surface area contributed by atoms with E-state index in [1.807, 2.05) is 60.7 Å². The van der Waals surface area contributed by atoms with Crippen molar-refractivity contribution in [3.63, 3.8) is 0 Å². The zero-order valence-corrected chi connectivity index (χ0v) is 16.1. The summed E-state index contributed by atoms with van der Waals surface area (Å²) in [5.74, 6) is -0.101. The van der Waals surface area contributed by atoms with E-state index in [4.69, 9.17) is 0 Å². The molecule has 0 bridgehead atoms. The van der Waals surface area contributed by atoms with Crippen molar-refractivity contribution in [1.82, 2.24) is 0 Å². The standard InChI is InChI=1S/C26H18N2O2/c29-26-23-13-7-6-12-22(23)25(17-24(26)27-30)28(20-10-2-1-3-11-20)21-15-14-18-8-4-5-9-19(18)16-21/h1-17,29H. The first-order valence-electron chi connectivity index (χ1n) is 9.68. The summed E-state index contributed by atoms with van der Waals surface area (Å²) < 4.78 is 0. The van der Waals surface area contributed by atoms with E-state index in [2.05, 4.69) is 40.4 Å². The predicted octanol–water partition coefficient (Wildman–Crippen LogP) is 7.57. The molecule has 0 aliphatic rings. The molecule has 0 unspecified atom stereocenters. The second-order valence-electron chi connectivity index (χ2n) is 7.10. The normalized spacial score (nSPS) is 10.9. The smallest absolute Gasteiger partial charge is 0.152 e. The van der Waals surface area contributed by atoms with Gasteiger partial charge in [0.1, 0.15) is 0 Å². The minimum Gasteiger partial charge on any atom is -0.505 e. The topological polar surface area (TPSA) is 52.9 Å². The van der Waals surface area contributed by atoms with Crippen LogP contribution in [0.25, 0.3) is 21.5 Å². The van der Waals surface area contributed by atoms with Gasteiger partial charge in [0, 0.05) is 22.1 Å². The largest absolute Gasteiger partial charge is 0.505 e. The highest BCUT2D eigenvalue weighted by Crippen LogP contribution is 2.45. The molecule has 4 heteroatoms. The molecule has 5 aromatic rings. The quantitative estimate of drug-likeness (QED) is 0.322. The molecule has 0 atom stereocenters. The summed E-state index contributed by atoms with van der Waals surface area (Å²) in [5, 5.41) is 17.3. The summed E-state index contributed by atoms with van der Waals surface area (Å²) in [6, 6.07) is 33.6. The highest BCUT2D eigenvalue weighted by atomic mass is 16.3. The Bertz CT molecular complexity index is 1380. The Kier molecular flexibility index (Phi) is 4.37. The fraction of sp³-hybridized carbons (Fsp3) is 0. The molecule has 144 valence electrons. The van der Waals surface area contributed by atoms with Crippen molar-refractivity contribution < 1.29 is 5.11 Å². The van der Waals surface area contributed by atoms with Gasteiger partial charge < -0.3 is 10.0 Å². The third-order valence-corrected chi connectivity index (χ3v) is 5.32. The predicted molar refractivity (Wildman–Crippen MR) is 123 cm³/mol. The number of phenols is 1. The summed E-state index contributed by atoms with van der Waals surface area (Å²) in [7, 11) is 0. The number of fused-ring (bicyclic) bond motifs is 2. The molecule has 1 N–H and O–H groups in total. The van der Waals surface area contributed by atoms with E-state index in [-0.39, 0.29) is 11.4 Å². The minimum atomic E-state index is -0.101. The monoisotopic (exact) mass is 390 g/mol.